The minimum absolute atomic E-state index is 0.0139. The smallest absolute Gasteiger partial charge is 0.449 e. The van der Waals surface area contributed by atoms with E-state index in [1.165, 1.54) is 25.1 Å². The molecule has 1 aliphatic heterocycles. The first-order valence-corrected chi connectivity index (χ1v) is 9.53. The molecule has 2 heterocycles. The molecular formula is C21H17F3N2O8. The average molecular weight is 482 g/mol. The van der Waals surface area contributed by atoms with Crippen molar-refractivity contribution < 1.29 is 41.6 Å². The molecular weight excluding hydrogens is 465 g/mol. The first-order chi connectivity index (χ1) is 15.9. The Morgan fingerprint density at radius 2 is 1.88 bits per heavy atom. The van der Waals surface area contributed by atoms with Crippen LogP contribution < -0.4 is 10.5 Å². The van der Waals surface area contributed by atoms with E-state index in [-0.39, 0.29) is 28.2 Å². The number of hydrogen-bond acceptors (Lipinski definition) is 9. The van der Waals surface area contributed by atoms with Gasteiger partial charge in [0, 0.05) is 23.9 Å². The number of nitro groups is 1. The quantitative estimate of drug-likeness (QED) is 0.358. The van der Waals surface area contributed by atoms with Gasteiger partial charge >= 0.3 is 23.7 Å². The van der Waals surface area contributed by atoms with E-state index >= 15 is 0 Å². The number of nitrogens with zero attached hydrogens (tertiary/aromatic N) is 2. The molecule has 0 bridgehead atoms. The van der Waals surface area contributed by atoms with Crippen LogP contribution in [-0.2, 0) is 25.2 Å². The second-order valence-corrected chi connectivity index (χ2v) is 7.13. The van der Waals surface area contributed by atoms with E-state index < -0.39 is 52.5 Å². The zero-order valence-electron chi connectivity index (χ0n) is 18.0. The predicted molar refractivity (Wildman–Crippen MR) is 109 cm³/mol. The summed E-state index contributed by atoms with van der Waals surface area (Å²) in [6.07, 6.45) is -5.04. The molecule has 0 spiro atoms. The number of carbonyl (C=O) groups is 2. The second kappa shape index (κ2) is 9.00. The fraction of sp³-hybridized carbons (Fsp3) is 0.286. The molecule has 180 valence electrons. The molecule has 1 aromatic heterocycles. The first kappa shape index (κ1) is 24.5. The van der Waals surface area contributed by atoms with Gasteiger partial charge in [0.2, 0.25) is 5.76 Å². The van der Waals surface area contributed by atoms with Crippen molar-refractivity contribution >= 4 is 23.3 Å². The number of ether oxygens (including phenoxy) is 2. The highest BCUT2D eigenvalue weighted by atomic mass is 19.4. The third-order valence-electron chi connectivity index (χ3n) is 5.24. The Bertz CT molecular complexity index is 1270. The molecule has 0 fully saturated rings. The van der Waals surface area contributed by atoms with E-state index in [1.807, 2.05) is 0 Å². The number of anilines is 1. The van der Waals surface area contributed by atoms with E-state index in [9.17, 15) is 37.7 Å². The summed E-state index contributed by atoms with van der Waals surface area (Å²) in [7, 11) is 2.10. The zero-order chi connectivity index (χ0) is 25.4. The molecule has 1 aliphatic rings. The van der Waals surface area contributed by atoms with E-state index in [0.717, 1.165) is 25.2 Å². The number of methoxy groups -OCH3 is 2. The van der Waals surface area contributed by atoms with Gasteiger partial charge in [0.1, 0.15) is 6.54 Å². The Hall–Kier alpha value is -4.16. The molecule has 0 aliphatic carbocycles. The van der Waals surface area contributed by atoms with Gasteiger partial charge in [-0.1, -0.05) is 12.1 Å². The van der Waals surface area contributed by atoms with Crippen LogP contribution in [0, 0.1) is 10.1 Å². The Morgan fingerprint density at radius 1 is 1.21 bits per heavy atom. The van der Waals surface area contributed by atoms with Crippen molar-refractivity contribution in [1.29, 1.82) is 0 Å². The number of non-ortho nitro benzene ring substituents is 1. The molecule has 2 aromatic rings. The number of allylic oxidation sites excluding steroid dienone is 1. The molecule has 1 aromatic carbocycles. The van der Waals surface area contributed by atoms with Crippen molar-refractivity contribution in [3.05, 3.63) is 79.0 Å². The van der Waals surface area contributed by atoms with Crippen LogP contribution in [0.5, 0.6) is 0 Å². The second-order valence-electron chi connectivity index (χ2n) is 7.13. The van der Waals surface area contributed by atoms with Crippen LogP contribution in [-0.4, -0.2) is 37.6 Å². The summed E-state index contributed by atoms with van der Waals surface area (Å²) in [5.41, 5.74) is -2.79. The van der Waals surface area contributed by atoms with Gasteiger partial charge in [-0.25, -0.2) is 9.59 Å². The van der Waals surface area contributed by atoms with Crippen molar-refractivity contribution in [1.82, 2.24) is 0 Å². The van der Waals surface area contributed by atoms with Crippen LogP contribution in [0.15, 0.2) is 50.8 Å². The number of esters is 2. The number of carbonyl (C=O) groups excluding carboxylic acids is 2. The molecule has 1 atom stereocenters. The van der Waals surface area contributed by atoms with Gasteiger partial charge < -0.3 is 18.8 Å². The molecule has 3 rings (SSSR count). The SMILES string of the molecule is COC(=O)CN1C(C)=C(C(=O)OC)[C@@H](c2cccc([N+](=O)[O-])c2)c2c1cc(C(F)(F)F)oc2=O. The highest BCUT2D eigenvalue weighted by Crippen LogP contribution is 2.45. The van der Waals surface area contributed by atoms with Gasteiger partial charge in [-0.3, -0.25) is 14.9 Å². The fourth-order valence-electron chi connectivity index (χ4n) is 3.72. The first-order valence-electron chi connectivity index (χ1n) is 9.53. The number of hydrogen-bond donors (Lipinski definition) is 0. The van der Waals surface area contributed by atoms with E-state index in [1.54, 1.807) is 0 Å². The van der Waals surface area contributed by atoms with Crippen LogP contribution in [0.4, 0.5) is 24.5 Å². The standard InChI is InChI=1S/C21H17F3N2O8/c1-10-16(19(28)33-3)17(11-5-4-6-12(7-11)26(30)31)18-13(25(10)9-15(27)32-2)8-14(21(22,23)24)34-20(18)29/h4-8,17H,9H2,1-3H3/t17-/m1/s1. The summed E-state index contributed by atoms with van der Waals surface area (Å²) in [5, 5.41) is 11.3. The van der Waals surface area contributed by atoms with Crippen molar-refractivity contribution in [2.45, 2.75) is 19.0 Å². The largest absolute Gasteiger partial charge is 0.468 e. The van der Waals surface area contributed by atoms with Gasteiger partial charge in [0.25, 0.3) is 5.69 Å². The lowest BCUT2D eigenvalue weighted by Gasteiger charge is -2.36. The fourth-order valence-corrected chi connectivity index (χ4v) is 3.72. The zero-order valence-corrected chi connectivity index (χ0v) is 18.0. The van der Waals surface area contributed by atoms with E-state index in [4.69, 9.17) is 4.74 Å². The summed E-state index contributed by atoms with van der Waals surface area (Å²) in [4.78, 5) is 49.2. The van der Waals surface area contributed by atoms with Gasteiger partial charge in [-0.15, -0.1) is 0 Å². The molecule has 0 saturated heterocycles. The van der Waals surface area contributed by atoms with Gasteiger partial charge in [-0.05, 0) is 12.5 Å². The Morgan fingerprint density at radius 3 is 2.44 bits per heavy atom. The van der Waals surface area contributed by atoms with Crippen molar-refractivity contribution in [2.24, 2.45) is 0 Å². The molecule has 0 N–H and O–H groups in total. The van der Waals surface area contributed by atoms with Crippen LogP contribution in [0.1, 0.15) is 29.7 Å². The molecule has 0 unspecified atom stereocenters. The van der Waals surface area contributed by atoms with Gasteiger partial charge in [-0.2, -0.15) is 13.2 Å². The third kappa shape index (κ3) is 4.36. The minimum atomic E-state index is -5.04. The maximum absolute atomic E-state index is 13.4. The summed E-state index contributed by atoms with van der Waals surface area (Å²) in [6.45, 7) is 0.697. The summed E-state index contributed by atoms with van der Waals surface area (Å²) in [5.74, 6) is -4.84. The van der Waals surface area contributed by atoms with E-state index in [2.05, 4.69) is 9.15 Å². The maximum Gasteiger partial charge on any atom is 0.449 e. The minimum Gasteiger partial charge on any atom is -0.468 e. The highest BCUT2D eigenvalue weighted by Gasteiger charge is 2.43. The van der Waals surface area contributed by atoms with Crippen LogP contribution in [0.3, 0.4) is 0 Å². The highest BCUT2D eigenvalue weighted by molar-refractivity contribution is 5.95. The third-order valence-corrected chi connectivity index (χ3v) is 5.24. The van der Waals surface area contributed by atoms with Crippen LogP contribution in [0.2, 0.25) is 0 Å². The monoisotopic (exact) mass is 482 g/mol. The summed E-state index contributed by atoms with van der Waals surface area (Å²) >= 11 is 0. The van der Waals surface area contributed by atoms with Gasteiger partial charge in [0.15, 0.2) is 0 Å². The number of benzene rings is 1. The Balaban J connectivity index is 2.42. The molecule has 0 amide bonds. The number of rotatable bonds is 5. The summed E-state index contributed by atoms with van der Waals surface area (Å²) in [6, 6.07) is 5.44. The predicted octanol–water partition coefficient (Wildman–Crippen LogP) is 3.14. The number of nitro benzene ring substituents is 1. The molecule has 0 radical (unpaired) electrons. The molecule has 34 heavy (non-hydrogen) atoms. The van der Waals surface area contributed by atoms with Crippen molar-refractivity contribution in [2.75, 3.05) is 25.7 Å². The number of halogens is 3. The Kier molecular flexibility index (Phi) is 6.48. The van der Waals surface area contributed by atoms with Crippen LogP contribution >= 0.6 is 0 Å². The topological polar surface area (TPSA) is 129 Å². The normalized spacial score (nSPS) is 15.6. The Labute approximate surface area is 189 Å². The van der Waals surface area contributed by atoms with Crippen LogP contribution in [0.25, 0.3) is 0 Å². The van der Waals surface area contributed by atoms with Gasteiger partial charge in [0.05, 0.1) is 41.9 Å². The lowest BCUT2D eigenvalue weighted by Crippen LogP contribution is -2.39. The number of fused-ring (bicyclic) bond motifs is 1. The molecule has 10 nitrogen and oxygen atoms in total. The van der Waals surface area contributed by atoms with Crippen molar-refractivity contribution in [3.63, 3.8) is 0 Å². The van der Waals surface area contributed by atoms with E-state index in [0.29, 0.717) is 6.07 Å². The number of alkyl halides is 3. The summed E-state index contributed by atoms with van der Waals surface area (Å²) < 4.78 is 54.2. The lowest BCUT2D eigenvalue weighted by atomic mass is 9.80. The van der Waals surface area contributed by atoms with Crippen molar-refractivity contribution in [3.8, 4) is 0 Å². The lowest BCUT2D eigenvalue weighted by molar-refractivity contribution is -0.384. The molecule has 0 saturated carbocycles. The molecule has 13 heteroatoms. The maximum atomic E-state index is 13.4. The average Bonchev–Trinajstić information content (AvgIpc) is 2.79.